The molecule has 0 spiro atoms. The summed E-state index contributed by atoms with van der Waals surface area (Å²) in [6, 6.07) is 5.91. The zero-order chi connectivity index (χ0) is 12.5. The molecule has 1 aromatic carbocycles. The molecular formula is C14H18N2O2. The van der Waals surface area contributed by atoms with Gasteiger partial charge < -0.3 is 15.3 Å². The summed E-state index contributed by atoms with van der Waals surface area (Å²) in [6.45, 7) is 2.96. The minimum absolute atomic E-state index is 0.0449. The largest absolute Gasteiger partial charge is 0.391 e. The number of carbonyl (C=O) groups is 1. The van der Waals surface area contributed by atoms with Crippen molar-refractivity contribution in [1.82, 2.24) is 10.2 Å². The van der Waals surface area contributed by atoms with Crippen LogP contribution in [-0.2, 0) is 13.1 Å². The summed E-state index contributed by atoms with van der Waals surface area (Å²) in [6.07, 6.45) is 1.33. The van der Waals surface area contributed by atoms with Gasteiger partial charge in [-0.15, -0.1) is 0 Å². The van der Waals surface area contributed by atoms with Gasteiger partial charge in [0.05, 0.1) is 6.10 Å². The molecule has 3 rings (SSSR count). The van der Waals surface area contributed by atoms with Crippen LogP contribution in [-0.4, -0.2) is 35.1 Å². The van der Waals surface area contributed by atoms with Crippen LogP contribution in [0.2, 0.25) is 0 Å². The van der Waals surface area contributed by atoms with Crippen LogP contribution in [0.5, 0.6) is 0 Å². The van der Waals surface area contributed by atoms with Crippen LogP contribution in [0, 0.1) is 0 Å². The van der Waals surface area contributed by atoms with Gasteiger partial charge in [0.15, 0.2) is 0 Å². The summed E-state index contributed by atoms with van der Waals surface area (Å²) in [5.74, 6) is 0.0449. The first-order valence-electron chi connectivity index (χ1n) is 6.54. The predicted octanol–water partition coefficient (Wildman–Crippen LogP) is 0.887. The second-order valence-electron chi connectivity index (χ2n) is 5.13. The highest BCUT2D eigenvalue weighted by Crippen LogP contribution is 2.19. The van der Waals surface area contributed by atoms with Gasteiger partial charge in [0, 0.05) is 31.7 Å². The fraction of sp³-hybridized carbons (Fsp3) is 0.500. The van der Waals surface area contributed by atoms with Gasteiger partial charge in [-0.05, 0) is 36.1 Å². The molecule has 2 aliphatic rings. The molecule has 4 heteroatoms. The molecule has 2 N–H and O–H groups in total. The number of nitrogens with one attached hydrogen (secondary N) is 1. The van der Waals surface area contributed by atoms with Crippen molar-refractivity contribution in [2.24, 2.45) is 0 Å². The Hall–Kier alpha value is -1.39. The maximum absolute atomic E-state index is 12.3. The first kappa shape index (κ1) is 11.7. The number of fused-ring (bicyclic) bond motifs is 1. The molecule has 0 unspecified atom stereocenters. The number of β-amino-alcohol motifs (C(OH)–C–C–N with tert-alkyl or cyclic N) is 1. The third kappa shape index (κ3) is 2.13. The van der Waals surface area contributed by atoms with E-state index in [0.29, 0.717) is 6.54 Å². The van der Waals surface area contributed by atoms with Gasteiger partial charge in [0.2, 0.25) is 0 Å². The SMILES string of the molecule is O=C(c1ccc2c(c1)CNC2)N1CCC[C@H](O)C1. The average Bonchev–Trinajstić information content (AvgIpc) is 2.85. The lowest BCUT2D eigenvalue weighted by Gasteiger charge is -2.30. The molecule has 18 heavy (non-hydrogen) atoms. The van der Waals surface area contributed by atoms with E-state index in [1.54, 1.807) is 4.90 Å². The highest BCUT2D eigenvalue weighted by atomic mass is 16.3. The van der Waals surface area contributed by atoms with Gasteiger partial charge in [0.25, 0.3) is 5.91 Å². The van der Waals surface area contributed by atoms with E-state index in [-0.39, 0.29) is 12.0 Å². The average molecular weight is 246 g/mol. The smallest absolute Gasteiger partial charge is 0.253 e. The Labute approximate surface area is 107 Å². The summed E-state index contributed by atoms with van der Waals surface area (Å²) in [5, 5.41) is 12.9. The number of nitrogens with zero attached hydrogens (tertiary/aromatic N) is 1. The Morgan fingerprint density at radius 2 is 2.17 bits per heavy atom. The Kier molecular flexibility index (Phi) is 3.06. The van der Waals surface area contributed by atoms with E-state index in [4.69, 9.17) is 0 Å². The molecule has 2 heterocycles. The summed E-state index contributed by atoms with van der Waals surface area (Å²) in [7, 11) is 0. The first-order chi connectivity index (χ1) is 8.74. The lowest BCUT2D eigenvalue weighted by molar-refractivity contribution is 0.0473. The van der Waals surface area contributed by atoms with Crippen LogP contribution in [0.4, 0.5) is 0 Å². The molecule has 1 saturated heterocycles. The Morgan fingerprint density at radius 3 is 3.00 bits per heavy atom. The summed E-state index contributed by atoms with van der Waals surface area (Å²) >= 11 is 0. The van der Waals surface area contributed by atoms with E-state index in [0.717, 1.165) is 38.0 Å². The van der Waals surface area contributed by atoms with Crippen molar-refractivity contribution < 1.29 is 9.90 Å². The second-order valence-corrected chi connectivity index (χ2v) is 5.13. The number of rotatable bonds is 1. The summed E-state index contributed by atoms with van der Waals surface area (Å²) < 4.78 is 0. The molecule has 0 saturated carbocycles. The molecule has 0 aromatic heterocycles. The van der Waals surface area contributed by atoms with Gasteiger partial charge in [-0.3, -0.25) is 4.79 Å². The third-order valence-electron chi connectivity index (χ3n) is 3.77. The molecule has 1 fully saturated rings. The highest BCUT2D eigenvalue weighted by molar-refractivity contribution is 5.94. The van der Waals surface area contributed by atoms with Crippen LogP contribution in [0.3, 0.4) is 0 Å². The number of benzene rings is 1. The Balaban J connectivity index is 1.79. The number of hydrogen-bond acceptors (Lipinski definition) is 3. The summed E-state index contributed by atoms with van der Waals surface area (Å²) in [4.78, 5) is 14.1. The van der Waals surface area contributed by atoms with E-state index < -0.39 is 0 Å². The van der Waals surface area contributed by atoms with E-state index in [9.17, 15) is 9.90 Å². The normalized spacial score (nSPS) is 22.9. The monoisotopic (exact) mass is 246 g/mol. The second kappa shape index (κ2) is 4.71. The molecule has 4 nitrogen and oxygen atoms in total. The molecule has 0 radical (unpaired) electrons. The number of aliphatic hydroxyl groups excluding tert-OH is 1. The number of aliphatic hydroxyl groups is 1. The van der Waals surface area contributed by atoms with Crippen molar-refractivity contribution in [1.29, 1.82) is 0 Å². The lowest BCUT2D eigenvalue weighted by atomic mass is 10.0. The molecule has 1 amide bonds. The van der Waals surface area contributed by atoms with Crippen molar-refractivity contribution in [3.63, 3.8) is 0 Å². The van der Waals surface area contributed by atoms with E-state index >= 15 is 0 Å². The minimum Gasteiger partial charge on any atom is -0.391 e. The van der Waals surface area contributed by atoms with Crippen molar-refractivity contribution in [3.8, 4) is 0 Å². The molecule has 1 atom stereocenters. The maximum Gasteiger partial charge on any atom is 0.253 e. The van der Waals surface area contributed by atoms with Gasteiger partial charge in [-0.1, -0.05) is 6.07 Å². The number of likely N-dealkylation sites (tertiary alicyclic amines) is 1. The molecule has 96 valence electrons. The van der Waals surface area contributed by atoms with E-state index in [1.165, 1.54) is 11.1 Å². The zero-order valence-corrected chi connectivity index (χ0v) is 10.4. The van der Waals surface area contributed by atoms with Gasteiger partial charge in [0.1, 0.15) is 0 Å². The molecule has 0 bridgehead atoms. The van der Waals surface area contributed by atoms with Crippen LogP contribution in [0.1, 0.15) is 34.3 Å². The topological polar surface area (TPSA) is 52.6 Å². The standard InChI is InChI=1S/C14H18N2O2/c17-13-2-1-5-16(9-13)14(18)10-3-4-11-7-15-8-12(11)6-10/h3-4,6,13,15,17H,1-2,5,7-9H2/t13-/m0/s1. The van der Waals surface area contributed by atoms with Crippen LogP contribution in [0.25, 0.3) is 0 Å². The molecule has 1 aromatic rings. The van der Waals surface area contributed by atoms with Crippen LogP contribution in [0.15, 0.2) is 18.2 Å². The van der Waals surface area contributed by atoms with Gasteiger partial charge >= 0.3 is 0 Å². The van der Waals surface area contributed by atoms with E-state index in [1.807, 2.05) is 18.2 Å². The molecule has 2 aliphatic heterocycles. The quantitative estimate of drug-likeness (QED) is 0.773. The lowest BCUT2D eigenvalue weighted by Crippen LogP contribution is -2.42. The van der Waals surface area contributed by atoms with Gasteiger partial charge in [-0.25, -0.2) is 0 Å². The molecule has 0 aliphatic carbocycles. The Morgan fingerprint density at radius 1 is 1.33 bits per heavy atom. The van der Waals surface area contributed by atoms with Crippen molar-refractivity contribution in [2.75, 3.05) is 13.1 Å². The fourth-order valence-corrected chi connectivity index (χ4v) is 2.75. The van der Waals surface area contributed by atoms with Crippen molar-refractivity contribution in [3.05, 3.63) is 34.9 Å². The number of amides is 1. The zero-order valence-electron chi connectivity index (χ0n) is 10.4. The number of hydrogen-bond donors (Lipinski definition) is 2. The summed E-state index contributed by atoms with van der Waals surface area (Å²) in [5.41, 5.74) is 3.25. The van der Waals surface area contributed by atoms with Crippen LogP contribution < -0.4 is 5.32 Å². The highest BCUT2D eigenvalue weighted by Gasteiger charge is 2.23. The van der Waals surface area contributed by atoms with Gasteiger partial charge in [-0.2, -0.15) is 0 Å². The number of carbonyl (C=O) groups excluding carboxylic acids is 1. The van der Waals surface area contributed by atoms with Crippen LogP contribution >= 0.6 is 0 Å². The fourth-order valence-electron chi connectivity index (χ4n) is 2.75. The van der Waals surface area contributed by atoms with E-state index in [2.05, 4.69) is 5.32 Å². The minimum atomic E-state index is -0.362. The predicted molar refractivity (Wildman–Crippen MR) is 68.1 cm³/mol. The van der Waals surface area contributed by atoms with Crippen molar-refractivity contribution in [2.45, 2.75) is 32.0 Å². The third-order valence-corrected chi connectivity index (χ3v) is 3.77. The molecular weight excluding hydrogens is 228 g/mol. The Bertz CT molecular complexity index is 473. The maximum atomic E-state index is 12.3. The van der Waals surface area contributed by atoms with Crippen molar-refractivity contribution >= 4 is 5.91 Å². The number of piperidine rings is 1. The first-order valence-corrected chi connectivity index (χ1v) is 6.54.